The highest BCUT2D eigenvalue weighted by molar-refractivity contribution is 6.01. The Morgan fingerprint density at radius 1 is 1.11 bits per heavy atom. The lowest BCUT2D eigenvalue weighted by Gasteiger charge is -2.33. The quantitative estimate of drug-likeness (QED) is 0.593. The second-order valence-corrected chi connectivity index (χ2v) is 8.50. The summed E-state index contributed by atoms with van der Waals surface area (Å²) in [5.41, 5.74) is 3.55. The highest BCUT2D eigenvalue weighted by Crippen LogP contribution is 2.45. The molecule has 1 aromatic heterocycles. The van der Waals surface area contributed by atoms with Gasteiger partial charge in [0.1, 0.15) is 11.6 Å². The van der Waals surface area contributed by atoms with Crippen molar-refractivity contribution in [2.45, 2.75) is 39.5 Å². The number of nitrogens with one attached hydrogen (secondary N) is 1. The molecule has 0 saturated carbocycles. The number of fused-ring (bicyclic) bond motifs is 1. The number of ketones is 1. The number of para-hydroxylation sites is 1. The molecule has 0 fully saturated rings. The van der Waals surface area contributed by atoms with Crippen molar-refractivity contribution >= 4 is 16.7 Å². The standard InChI is InChI=1S/C24H24FNO2/c1-14-21(17-9-4-5-10-18(17)26-14)22(15-7-6-8-16(25)11-15)23-19(27)12-24(2,3)13-20(23)28/h4-11,22,26-27H,12-13H2,1-3H3. The smallest absolute Gasteiger partial charge is 0.163 e. The zero-order chi connectivity index (χ0) is 20.1. The number of aromatic nitrogens is 1. The molecule has 2 aromatic carbocycles. The van der Waals surface area contributed by atoms with E-state index in [2.05, 4.69) is 4.98 Å². The van der Waals surface area contributed by atoms with Gasteiger partial charge in [-0.3, -0.25) is 4.79 Å². The van der Waals surface area contributed by atoms with E-state index >= 15 is 0 Å². The third-order valence-corrected chi connectivity index (χ3v) is 5.60. The van der Waals surface area contributed by atoms with Gasteiger partial charge in [0.2, 0.25) is 0 Å². The van der Waals surface area contributed by atoms with Crippen LogP contribution in [0, 0.1) is 18.2 Å². The van der Waals surface area contributed by atoms with E-state index in [0.717, 1.165) is 22.2 Å². The minimum absolute atomic E-state index is 0.0762. The number of aliphatic hydroxyl groups excluding tert-OH is 1. The zero-order valence-electron chi connectivity index (χ0n) is 16.3. The largest absolute Gasteiger partial charge is 0.512 e. The summed E-state index contributed by atoms with van der Waals surface area (Å²) in [7, 11) is 0. The van der Waals surface area contributed by atoms with Gasteiger partial charge in [0.05, 0.1) is 0 Å². The molecule has 0 amide bonds. The number of Topliss-reactive ketones (excluding diaryl/α,β-unsaturated/α-hetero) is 1. The van der Waals surface area contributed by atoms with Crippen LogP contribution in [0.4, 0.5) is 4.39 Å². The molecule has 2 N–H and O–H groups in total. The van der Waals surface area contributed by atoms with Gasteiger partial charge in [0.25, 0.3) is 0 Å². The average Bonchev–Trinajstić information content (AvgIpc) is 2.93. The highest BCUT2D eigenvalue weighted by Gasteiger charge is 2.38. The molecule has 1 unspecified atom stereocenters. The van der Waals surface area contributed by atoms with Crippen LogP contribution >= 0.6 is 0 Å². The van der Waals surface area contributed by atoms with Crippen molar-refractivity contribution in [3.05, 3.63) is 82.5 Å². The Hall–Kier alpha value is -2.88. The predicted molar refractivity (Wildman–Crippen MR) is 109 cm³/mol. The van der Waals surface area contributed by atoms with Gasteiger partial charge in [-0.05, 0) is 41.7 Å². The van der Waals surface area contributed by atoms with Gasteiger partial charge in [-0.25, -0.2) is 4.39 Å². The van der Waals surface area contributed by atoms with Crippen LogP contribution < -0.4 is 0 Å². The number of hydrogen-bond donors (Lipinski definition) is 2. The molecule has 1 aliphatic rings. The van der Waals surface area contributed by atoms with Crippen molar-refractivity contribution in [1.82, 2.24) is 4.98 Å². The maximum Gasteiger partial charge on any atom is 0.163 e. The van der Waals surface area contributed by atoms with Gasteiger partial charge in [-0.1, -0.05) is 44.2 Å². The number of halogens is 1. The summed E-state index contributed by atoms with van der Waals surface area (Å²) in [5, 5.41) is 11.9. The molecule has 0 saturated heterocycles. The second-order valence-electron chi connectivity index (χ2n) is 8.50. The highest BCUT2D eigenvalue weighted by atomic mass is 19.1. The van der Waals surface area contributed by atoms with Gasteiger partial charge in [-0.2, -0.15) is 0 Å². The Morgan fingerprint density at radius 3 is 2.57 bits per heavy atom. The lowest BCUT2D eigenvalue weighted by molar-refractivity contribution is -0.118. The number of carbonyl (C=O) groups is 1. The van der Waals surface area contributed by atoms with Crippen molar-refractivity contribution in [1.29, 1.82) is 0 Å². The van der Waals surface area contributed by atoms with Gasteiger partial charge in [0, 0.05) is 40.9 Å². The Balaban J connectivity index is 2.01. The Kier molecular flexibility index (Phi) is 4.37. The molecular weight excluding hydrogens is 353 g/mol. The van der Waals surface area contributed by atoms with E-state index in [4.69, 9.17) is 0 Å². The van der Waals surface area contributed by atoms with E-state index in [0.29, 0.717) is 24.0 Å². The number of allylic oxidation sites excluding steroid dienone is 2. The number of benzene rings is 2. The van der Waals surface area contributed by atoms with Gasteiger partial charge in [-0.15, -0.1) is 0 Å². The topological polar surface area (TPSA) is 53.1 Å². The summed E-state index contributed by atoms with van der Waals surface area (Å²) in [6.45, 7) is 5.91. The summed E-state index contributed by atoms with van der Waals surface area (Å²) in [4.78, 5) is 16.5. The van der Waals surface area contributed by atoms with Crippen molar-refractivity contribution in [2.75, 3.05) is 0 Å². The summed E-state index contributed by atoms with van der Waals surface area (Å²) in [6, 6.07) is 14.2. The molecule has 0 radical (unpaired) electrons. The monoisotopic (exact) mass is 377 g/mol. The zero-order valence-corrected chi connectivity index (χ0v) is 16.3. The van der Waals surface area contributed by atoms with E-state index in [1.807, 2.05) is 51.1 Å². The summed E-state index contributed by atoms with van der Waals surface area (Å²) in [6.07, 6.45) is 0.793. The van der Waals surface area contributed by atoms with Gasteiger partial charge >= 0.3 is 0 Å². The lowest BCUT2D eigenvalue weighted by Crippen LogP contribution is -2.29. The first-order chi connectivity index (χ1) is 13.3. The molecule has 1 atom stereocenters. The molecule has 4 heteroatoms. The Labute approximate surface area is 163 Å². The molecule has 0 aliphatic heterocycles. The van der Waals surface area contributed by atoms with Crippen LogP contribution in [0.1, 0.15) is 49.4 Å². The SMILES string of the molecule is Cc1[nH]c2ccccc2c1C(C1=C(O)CC(C)(C)CC1=O)c1cccc(F)c1. The number of H-pyrrole nitrogens is 1. The van der Waals surface area contributed by atoms with Crippen LogP contribution in [-0.4, -0.2) is 15.9 Å². The molecule has 0 spiro atoms. The van der Waals surface area contributed by atoms with Crippen LogP contribution in [-0.2, 0) is 4.79 Å². The van der Waals surface area contributed by atoms with Crippen molar-refractivity contribution in [3.8, 4) is 0 Å². The number of aliphatic hydroxyl groups is 1. The number of rotatable bonds is 3. The first kappa shape index (κ1) is 18.5. The molecule has 144 valence electrons. The van der Waals surface area contributed by atoms with Crippen LogP contribution in [0.2, 0.25) is 0 Å². The summed E-state index contributed by atoms with van der Waals surface area (Å²) in [5.74, 6) is -0.841. The number of hydrogen-bond acceptors (Lipinski definition) is 2. The average molecular weight is 377 g/mol. The third-order valence-electron chi connectivity index (χ3n) is 5.60. The van der Waals surface area contributed by atoms with Crippen LogP contribution in [0.5, 0.6) is 0 Å². The molecule has 4 rings (SSSR count). The normalized spacial score (nSPS) is 17.9. The first-order valence-electron chi connectivity index (χ1n) is 9.55. The minimum Gasteiger partial charge on any atom is -0.512 e. The number of carbonyl (C=O) groups excluding carboxylic acids is 1. The first-order valence-corrected chi connectivity index (χ1v) is 9.55. The van der Waals surface area contributed by atoms with Gasteiger partial charge in [0.15, 0.2) is 5.78 Å². The van der Waals surface area contributed by atoms with E-state index in [9.17, 15) is 14.3 Å². The van der Waals surface area contributed by atoms with Crippen molar-refractivity contribution in [3.63, 3.8) is 0 Å². The number of aryl methyl sites for hydroxylation is 1. The molecule has 3 aromatic rings. The van der Waals surface area contributed by atoms with Gasteiger partial charge < -0.3 is 10.1 Å². The molecule has 0 bridgehead atoms. The fourth-order valence-corrected chi connectivity index (χ4v) is 4.46. The molecule has 28 heavy (non-hydrogen) atoms. The maximum atomic E-state index is 14.1. The van der Waals surface area contributed by atoms with Crippen molar-refractivity contribution in [2.24, 2.45) is 5.41 Å². The van der Waals surface area contributed by atoms with E-state index in [-0.39, 0.29) is 22.8 Å². The predicted octanol–water partition coefficient (Wildman–Crippen LogP) is 5.95. The Bertz CT molecular complexity index is 1110. The fourth-order valence-electron chi connectivity index (χ4n) is 4.46. The van der Waals surface area contributed by atoms with Crippen LogP contribution in [0.15, 0.2) is 59.9 Å². The summed E-state index contributed by atoms with van der Waals surface area (Å²) >= 11 is 0. The third kappa shape index (κ3) is 3.13. The van der Waals surface area contributed by atoms with E-state index < -0.39 is 5.92 Å². The van der Waals surface area contributed by atoms with E-state index in [1.54, 1.807) is 6.07 Å². The van der Waals surface area contributed by atoms with Crippen LogP contribution in [0.25, 0.3) is 10.9 Å². The second kappa shape index (κ2) is 6.62. The molecular formula is C24H24FNO2. The number of aromatic amines is 1. The summed E-state index contributed by atoms with van der Waals surface area (Å²) < 4.78 is 14.1. The molecule has 1 aliphatic carbocycles. The minimum atomic E-state index is -0.518. The van der Waals surface area contributed by atoms with Crippen molar-refractivity contribution < 1.29 is 14.3 Å². The molecule has 3 nitrogen and oxygen atoms in total. The Morgan fingerprint density at radius 2 is 1.86 bits per heavy atom. The molecule has 1 heterocycles. The van der Waals surface area contributed by atoms with Crippen LogP contribution in [0.3, 0.4) is 0 Å². The fraction of sp³-hybridized carbons (Fsp3) is 0.292. The lowest BCUT2D eigenvalue weighted by atomic mass is 9.70. The maximum absolute atomic E-state index is 14.1. The van der Waals surface area contributed by atoms with E-state index in [1.165, 1.54) is 12.1 Å².